The maximum Gasteiger partial charge on any atom is 0.234 e. The molecule has 1 aromatic rings. The molecule has 138 valence electrons. The normalized spacial score (nSPS) is 25.7. The molecule has 1 aromatic carbocycles. The number of nitrogens with one attached hydrogen (secondary N) is 1. The summed E-state index contributed by atoms with van der Waals surface area (Å²) in [6, 6.07) is 9.02. The Bertz CT molecular complexity index is 566. The van der Waals surface area contributed by atoms with Crippen molar-refractivity contribution in [3.8, 4) is 0 Å². The lowest BCUT2D eigenvalue weighted by Gasteiger charge is -2.35. The van der Waals surface area contributed by atoms with Gasteiger partial charge < -0.3 is 5.32 Å². The number of hydrogen-bond acceptors (Lipinski definition) is 3. The average Bonchev–Trinajstić information content (AvgIpc) is 2.61. The molecule has 1 saturated carbocycles. The average molecular weight is 344 g/mol. The number of nitrogens with zero attached hydrogens (tertiary/aromatic N) is 2. The van der Waals surface area contributed by atoms with E-state index in [1.165, 1.54) is 30.4 Å². The highest BCUT2D eigenvalue weighted by atomic mass is 16.2. The van der Waals surface area contributed by atoms with Crippen molar-refractivity contribution in [3.63, 3.8) is 0 Å². The summed E-state index contributed by atoms with van der Waals surface area (Å²) >= 11 is 0. The Morgan fingerprint density at radius 1 is 1.08 bits per heavy atom. The van der Waals surface area contributed by atoms with Gasteiger partial charge in [0.05, 0.1) is 6.54 Å². The van der Waals surface area contributed by atoms with E-state index in [9.17, 15) is 4.79 Å². The molecule has 3 rings (SSSR count). The van der Waals surface area contributed by atoms with E-state index >= 15 is 0 Å². The summed E-state index contributed by atoms with van der Waals surface area (Å²) in [5.41, 5.74) is 2.78. The van der Waals surface area contributed by atoms with Gasteiger partial charge in [0, 0.05) is 38.8 Å². The van der Waals surface area contributed by atoms with Crippen molar-refractivity contribution in [2.24, 2.45) is 5.92 Å². The molecule has 1 amide bonds. The van der Waals surface area contributed by atoms with Crippen LogP contribution in [0.25, 0.3) is 0 Å². The van der Waals surface area contributed by atoms with Gasteiger partial charge in [0.1, 0.15) is 0 Å². The monoisotopic (exact) mass is 343 g/mol. The third kappa shape index (κ3) is 5.29. The van der Waals surface area contributed by atoms with Crippen LogP contribution in [-0.2, 0) is 11.3 Å². The summed E-state index contributed by atoms with van der Waals surface area (Å²) in [7, 11) is 0. The fourth-order valence-electron chi connectivity index (χ4n) is 4.12. The lowest BCUT2D eigenvalue weighted by molar-refractivity contribution is -0.124. The van der Waals surface area contributed by atoms with Gasteiger partial charge in [-0.25, -0.2) is 0 Å². The summed E-state index contributed by atoms with van der Waals surface area (Å²) < 4.78 is 0. The van der Waals surface area contributed by atoms with Crippen LogP contribution in [0.3, 0.4) is 0 Å². The lowest BCUT2D eigenvalue weighted by atomic mass is 9.86. The number of piperazine rings is 1. The minimum atomic E-state index is 0.214. The van der Waals surface area contributed by atoms with Crippen LogP contribution >= 0.6 is 0 Å². The Balaban J connectivity index is 1.40. The Labute approximate surface area is 152 Å². The molecular weight excluding hydrogens is 310 g/mol. The molecule has 0 bridgehead atoms. The zero-order valence-corrected chi connectivity index (χ0v) is 15.8. The van der Waals surface area contributed by atoms with Crippen molar-refractivity contribution in [2.45, 2.75) is 52.1 Å². The van der Waals surface area contributed by atoms with Gasteiger partial charge in [-0.1, -0.05) is 44.0 Å². The highest BCUT2D eigenvalue weighted by Crippen LogP contribution is 2.23. The highest BCUT2D eigenvalue weighted by Gasteiger charge is 2.24. The molecule has 0 spiro atoms. The minimum absolute atomic E-state index is 0.214. The molecule has 1 N–H and O–H groups in total. The number of carbonyl (C=O) groups excluding carboxylic acids is 1. The van der Waals surface area contributed by atoms with Gasteiger partial charge in [-0.3, -0.25) is 14.6 Å². The van der Waals surface area contributed by atoms with Crippen LogP contribution in [0.15, 0.2) is 24.3 Å². The van der Waals surface area contributed by atoms with E-state index in [4.69, 9.17) is 0 Å². The number of rotatable bonds is 5. The van der Waals surface area contributed by atoms with Crippen LogP contribution in [0.5, 0.6) is 0 Å². The SMILES string of the molecule is Cc1ccccc1CN1CCN(CC(=O)N[C@H]2CCCC[C@H]2C)CC1. The molecule has 1 aliphatic carbocycles. The smallest absolute Gasteiger partial charge is 0.234 e. The number of benzene rings is 1. The molecule has 1 saturated heterocycles. The fraction of sp³-hybridized carbons (Fsp3) is 0.667. The van der Waals surface area contributed by atoms with Crippen LogP contribution in [0, 0.1) is 12.8 Å². The van der Waals surface area contributed by atoms with E-state index < -0.39 is 0 Å². The topological polar surface area (TPSA) is 35.6 Å². The van der Waals surface area contributed by atoms with Gasteiger partial charge in [0.2, 0.25) is 5.91 Å². The number of carbonyl (C=O) groups is 1. The molecule has 2 aliphatic rings. The molecule has 1 aliphatic heterocycles. The molecule has 4 heteroatoms. The van der Waals surface area contributed by atoms with Crippen molar-refractivity contribution < 1.29 is 4.79 Å². The van der Waals surface area contributed by atoms with Crippen LogP contribution in [0.1, 0.15) is 43.7 Å². The van der Waals surface area contributed by atoms with Crippen LogP contribution in [-0.4, -0.2) is 54.5 Å². The third-order valence-corrected chi connectivity index (χ3v) is 5.95. The quantitative estimate of drug-likeness (QED) is 0.893. The Morgan fingerprint density at radius 2 is 1.76 bits per heavy atom. The summed E-state index contributed by atoms with van der Waals surface area (Å²) in [6.45, 7) is 10.1. The van der Waals surface area contributed by atoms with Crippen molar-refractivity contribution in [2.75, 3.05) is 32.7 Å². The zero-order valence-electron chi connectivity index (χ0n) is 15.8. The number of amides is 1. The molecule has 0 unspecified atom stereocenters. The van der Waals surface area contributed by atoms with Crippen molar-refractivity contribution in [1.29, 1.82) is 0 Å². The maximum atomic E-state index is 12.4. The lowest BCUT2D eigenvalue weighted by Crippen LogP contribution is -2.51. The van der Waals surface area contributed by atoms with Crippen molar-refractivity contribution in [3.05, 3.63) is 35.4 Å². The van der Waals surface area contributed by atoms with E-state index in [0.29, 0.717) is 18.5 Å². The van der Waals surface area contributed by atoms with Gasteiger partial charge in [0.25, 0.3) is 0 Å². The van der Waals surface area contributed by atoms with Crippen LogP contribution in [0.4, 0.5) is 0 Å². The van der Waals surface area contributed by atoms with Crippen LogP contribution in [0.2, 0.25) is 0 Å². The first kappa shape index (κ1) is 18.4. The summed E-state index contributed by atoms with van der Waals surface area (Å²) in [6.07, 6.45) is 4.98. The second-order valence-corrected chi connectivity index (χ2v) is 7.91. The fourth-order valence-corrected chi connectivity index (χ4v) is 4.12. The molecule has 25 heavy (non-hydrogen) atoms. The zero-order chi connectivity index (χ0) is 17.6. The van der Waals surface area contributed by atoms with E-state index in [-0.39, 0.29) is 5.91 Å². The molecule has 0 radical (unpaired) electrons. The van der Waals surface area contributed by atoms with Gasteiger partial charge in [-0.15, -0.1) is 0 Å². The maximum absolute atomic E-state index is 12.4. The molecule has 4 nitrogen and oxygen atoms in total. The predicted molar refractivity (Wildman–Crippen MR) is 102 cm³/mol. The van der Waals surface area contributed by atoms with Gasteiger partial charge >= 0.3 is 0 Å². The van der Waals surface area contributed by atoms with Gasteiger partial charge in [-0.2, -0.15) is 0 Å². The standard InChI is InChI=1S/C21H33N3O/c1-17-7-3-5-9-19(17)15-23-11-13-24(14-12-23)16-21(25)22-20-10-6-4-8-18(20)2/h3,5,7,9,18,20H,4,6,8,10-16H2,1-2H3,(H,22,25)/t18-,20+/m1/s1. The van der Waals surface area contributed by atoms with Gasteiger partial charge in [-0.05, 0) is 36.8 Å². The largest absolute Gasteiger partial charge is 0.352 e. The second kappa shape index (κ2) is 8.81. The molecular formula is C21H33N3O. The highest BCUT2D eigenvalue weighted by molar-refractivity contribution is 5.78. The summed E-state index contributed by atoms with van der Waals surface area (Å²) in [4.78, 5) is 17.2. The summed E-state index contributed by atoms with van der Waals surface area (Å²) in [5.74, 6) is 0.842. The van der Waals surface area contributed by atoms with Gasteiger partial charge in [0.15, 0.2) is 0 Å². The molecule has 2 fully saturated rings. The van der Waals surface area contributed by atoms with E-state index in [0.717, 1.165) is 39.1 Å². The van der Waals surface area contributed by atoms with Crippen molar-refractivity contribution >= 4 is 5.91 Å². The van der Waals surface area contributed by atoms with E-state index in [2.05, 4.69) is 53.2 Å². The number of hydrogen-bond donors (Lipinski definition) is 1. The Morgan fingerprint density at radius 3 is 2.48 bits per heavy atom. The van der Waals surface area contributed by atoms with E-state index in [1.54, 1.807) is 0 Å². The predicted octanol–water partition coefficient (Wildman–Crippen LogP) is 2.81. The van der Waals surface area contributed by atoms with Crippen molar-refractivity contribution in [1.82, 2.24) is 15.1 Å². The number of aryl methyl sites for hydroxylation is 1. The minimum Gasteiger partial charge on any atom is -0.352 e. The van der Waals surface area contributed by atoms with E-state index in [1.807, 2.05) is 0 Å². The summed E-state index contributed by atoms with van der Waals surface area (Å²) in [5, 5.41) is 3.28. The first-order chi connectivity index (χ1) is 12.1. The first-order valence-electron chi connectivity index (χ1n) is 9.90. The van der Waals surface area contributed by atoms with Crippen LogP contribution < -0.4 is 5.32 Å². The Kier molecular flexibility index (Phi) is 6.49. The molecule has 2 atom stereocenters. The first-order valence-corrected chi connectivity index (χ1v) is 9.90. The molecule has 0 aromatic heterocycles. The Hall–Kier alpha value is -1.39. The third-order valence-electron chi connectivity index (χ3n) is 5.95. The molecule has 1 heterocycles. The second-order valence-electron chi connectivity index (χ2n) is 7.91.